The molecule has 0 bridgehead atoms. The minimum Gasteiger partial charge on any atom is -0.497 e. The molecule has 0 amide bonds. The van der Waals surface area contributed by atoms with Gasteiger partial charge in [0.05, 0.1) is 34.0 Å². The van der Waals surface area contributed by atoms with Gasteiger partial charge in [-0.15, -0.1) is 0 Å². The third-order valence-electron chi connectivity index (χ3n) is 7.66. The van der Waals surface area contributed by atoms with Gasteiger partial charge >= 0.3 is 0 Å². The van der Waals surface area contributed by atoms with Gasteiger partial charge in [0.15, 0.2) is 17.3 Å². The molecule has 1 aliphatic carbocycles. The number of allylic oxidation sites excluding steroid dienone is 2. The van der Waals surface area contributed by atoms with Gasteiger partial charge in [0.25, 0.3) is 0 Å². The lowest BCUT2D eigenvalue weighted by Crippen LogP contribution is -2.33. The maximum absolute atomic E-state index is 14.1. The Morgan fingerprint density at radius 3 is 2.44 bits per heavy atom. The summed E-state index contributed by atoms with van der Waals surface area (Å²) in [5.74, 6) is 1.99. The van der Waals surface area contributed by atoms with Crippen molar-refractivity contribution < 1.29 is 23.7 Å². The van der Waals surface area contributed by atoms with E-state index in [1.165, 1.54) is 32.4 Å². The third kappa shape index (κ3) is 6.02. The van der Waals surface area contributed by atoms with E-state index in [0.29, 0.717) is 35.7 Å². The summed E-state index contributed by atoms with van der Waals surface area (Å²) < 4.78 is 22.5. The van der Waals surface area contributed by atoms with Crippen molar-refractivity contribution in [3.05, 3.63) is 77.9 Å². The van der Waals surface area contributed by atoms with Gasteiger partial charge in [-0.3, -0.25) is 4.79 Å². The Bertz CT molecular complexity index is 1390. The molecule has 39 heavy (non-hydrogen) atoms. The maximum Gasteiger partial charge on any atom is 0.193 e. The maximum atomic E-state index is 14.1. The van der Waals surface area contributed by atoms with Crippen LogP contribution < -0.4 is 14.2 Å². The lowest BCUT2D eigenvalue weighted by atomic mass is 9.87. The van der Waals surface area contributed by atoms with Gasteiger partial charge < -0.3 is 23.8 Å². The van der Waals surface area contributed by atoms with Crippen LogP contribution in [0, 0.1) is 0 Å². The quantitative estimate of drug-likeness (QED) is 0.282. The molecule has 1 heterocycles. The summed E-state index contributed by atoms with van der Waals surface area (Å²) in [6.07, 6.45) is 10.5. The number of hydrogen-bond acceptors (Lipinski definition) is 6. The van der Waals surface area contributed by atoms with Crippen LogP contribution in [0.15, 0.2) is 72.3 Å². The second-order valence-corrected chi connectivity index (χ2v) is 10.0. The summed E-state index contributed by atoms with van der Waals surface area (Å²) in [6.45, 7) is 4.01. The lowest BCUT2D eigenvalue weighted by Gasteiger charge is -2.27. The fourth-order valence-electron chi connectivity index (χ4n) is 5.48. The molecule has 3 aromatic carbocycles. The molecule has 1 atom stereocenters. The van der Waals surface area contributed by atoms with Gasteiger partial charge in [0.1, 0.15) is 5.75 Å². The van der Waals surface area contributed by atoms with Gasteiger partial charge in [0, 0.05) is 17.7 Å². The van der Waals surface area contributed by atoms with Crippen LogP contribution in [-0.2, 0) is 4.74 Å². The second kappa shape index (κ2) is 12.5. The minimum atomic E-state index is -0.0152. The van der Waals surface area contributed by atoms with Crippen molar-refractivity contribution in [3.8, 4) is 28.4 Å². The molecule has 3 aromatic rings. The zero-order chi connectivity index (χ0) is 27.2. The van der Waals surface area contributed by atoms with Crippen molar-refractivity contribution in [2.45, 2.75) is 31.8 Å². The summed E-state index contributed by atoms with van der Waals surface area (Å²) >= 11 is 0. The van der Waals surface area contributed by atoms with Crippen molar-refractivity contribution in [1.82, 2.24) is 4.90 Å². The fraction of sp³-hybridized carbons (Fsp3) is 0.364. The predicted molar refractivity (Wildman–Crippen MR) is 155 cm³/mol. The summed E-state index contributed by atoms with van der Waals surface area (Å²) in [5, 5.41) is 1.82. The van der Waals surface area contributed by atoms with Crippen LogP contribution in [-0.4, -0.2) is 64.4 Å². The van der Waals surface area contributed by atoms with Gasteiger partial charge in [-0.25, -0.2) is 0 Å². The molecule has 1 aliphatic heterocycles. The number of ether oxygens (including phenoxy) is 4. The zero-order valence-electron chi connectivity index (χ0n) is 23.1. The number of nitrogens with zero attached hydrogens (tertiary/aromatic N) is 1. The van der Waals surface area contributed by atoms with Crippen molar-refractivity contribution in [1.29, 1.82) is 0 Å². The van der Waals surface area contributed by atoms with Crippen molar-refractivity contribution in [2.24, 2.45) is 0 Å². The molecule has 1 fully saturated rings. The standard InChI is InChI=1S/C33H37NO5/c1-36-27-13-15-29-24(21-27)9-14-28(25-10-16-30(37-2)31(22-25)38-3)32(29)33(35)23-7-11-26(12-8-23)39-20-19-34-17-5-4-6-18-34/h7-11,13-16,21-22,26H,4-6,12,17-20H2,1-3H3. The zero-order valence-corrected chi connectivity index (χ0v) is 23.1. The molecular weight excluding hydrogens is 490 g/mol. The predicted octanol–water partition coefficient (Wildman–Crippen LogP) is 6.47. The molecule has 204 valence electrons. The molecule has 0 aromatic heterocycles. The van der Waals surface area contributed by atoms with E-state index in [1.807, 2.05) is 66.8 Å². The number of likely N-dealkylation sites (tertiary alicyclic amines) is 1. The van der Waals surface area contributed by atoms with E-state index in [9.17, 15) is 4.79 Å². The van der Waals surface area contributed by atoms with Gasteiger partial charge in [-0.05, 0) is 84.6 Å². The van der Waals surface area contributed by atoms with Crippen molar-refractivity contribution in [2.75, 3.05) is 47.6 Å². The van der Waals surface area contributed by atoms with Crippen molar-refractivity contribution in [3.63, 3.8) is 0 Å². The molecule has 1 saturated heterocycles. The number of piperidine rings is 1. The number of carbonyl (C=O) groups is 1. The highest BCUT2D eigenvalue weighted by atomic mass is 16.5. The minimum absolute atomic E-state index is 0.00608. The molecule has 6 nitrogen and oxygen atoms in total. The second-order valence-electron chi connectivity index (χ2n) is 10.0. The summed E-state index contributed by atoms with van der Waals surface area (Å²) in [5.41, 5.74) is 3.06. The number of Topliss-reactive ketones (excluding diaryl/α,β-unsaturated/α-hetero) is 1. The average molecular weight is 528 g/mol. The number of rotatable bonds is 10. The molecule has 0 saturated carbocycles. The molecule has 2 aliphatic rings. The largest absolute Gasteiger partial charge is 0.497 e. The van der Waals surface area contributed by atoms with E-state index >= 15 is 0 Å². The monoisotopic (exact) mass is 527 g/mol. The average Bonchev–Trinajstić information content (AvgIpc) is 3.00. The first-order chi connectivity index (χ1) is 19.1. The Morgan fingerprint density at radius 1 is 0.897 bits per heavy atom. The van der Waals surface area contributed by atoms with E-state index in [1.54, 1.807) is 21.3 Å². The normalized spacial score (nSPS) is 17.6. The number of methoxy groups -OCH3 is 3. The summed E-state index contributed by atoms with van der Waals surface area (Å²) in [4.78, 5) is 16.6. The van der Waals surface area contributed by atoms with Crippen LogP contribution in [0.4, 0.5) is 0 Å². The molecule has 0 spiro atoms. The Hall–Kier alpha value is -3.61. The van der Waals surface area contributed by atoms with Crippen LogP contribution in [0.3, 0.4) is 0 Å². The highest BCUT2D eigenvalue weighted by Crippen LogP contribution is 2.38. The number of fused-ring (bicyclic) bond motifs is 1. The van der Waals surface area contributed by atoms with Gasteiger partial charge in [0.2, 0.25) is 0 Å². The lowest BCUT2D eigenvalue weighted by molar-refractivity contribution is 0.0609. The molecule has 6 heteroatoms. The fourth-order valence-corrected chi connectivity index (χ4v) is 5.48. The number of carbonyl (C=O) groups excluding carboxylic acids is 1. The van der Waals surface area contributed by atoms with Crippen LogP contribution in [0.1, 0.15) is 36.0 Å². The summed E-state index contributed by atoms with van der Waals surface area (Å²) in [6, 6.07) is 15.6. The van der Waals surface area contributed by atoms with Gasteiger partial charge in [-0.2, -0.15) is 0 Å². The Labute approximate surface area is 230 Å². The topological polar surface area (TPSA) is 57.2 Å². The van der Waals surface area contributed by atoms with Crippen LogP contribution in [0.5, 0.6) is 17.2 Å². The van der Waals surface area contributed by atoms with E-state index in [4.69, 9.17) is 18.9 Å². The Kier molecular flexibility index (Phi) is 8.64. The van der Waals surface area contributed by atoms with Crippen LogP contribution in [0.25, 0.3) is 21.9 Å². The first-order valence-corrected chi connectivity index (χ1v) is 13.7. The first-order valence-electron chi connectivity index (χ1n) is 13.7. The molecule has 1 unspecified atom stereocenters. The van der Waals surface area contributed by atoms with E-state index in [2.05, 4.69) is 4.90 Å². The first kappa shape index (κ1) is 27.0. The van der Waals surface area contributed by atoms with Crippen molar-refractivity contribution >= 4 is 16.6 Å². The van der Waals surface area contributed by atoms with Crippen LogP contribution >= 0.6 is 0 Å². The molecular formula is C33H37NO5. The van der Waals surface area contributed by atoms with E-state index in [-0.39, 0.29) is 11.9 Å². The number of ketones is 1. The third-order valence-corrected chi connectivity index (χ3v) is 7.66. The number of hydrogen-bond donors (Lipinski definition) is 0. The van der Waals surface area contributed by atoms with Crippen LogP contribution in [0.2, 0.25) is 0 Å². The highest BCUT2D eigenvalue weighted by Gasteiger charge is 2.22. The SMILES string of the molecule is COc1ccc2c(C(=O)C3=CCC(OCCN4CCCCC4)C=C3)c(-c3ccc(OC)c(OC)c3)ccc2c1. The number of benzene rings is 3. The Morgan fingerprint density at radius 2 is 1.72 bits per heavy atom. The molecule has 5 rings (SSSR count). The summed E-state index contributed by atoms with van der Waals surface area (Å²) in [7, 11) is 4.87. The Balaban J connectivity index is 1.42. The highest BCUT2D eigenvalue weighted by molar-refractivity contribution is 6.21. The van der Waals surface area contributed by atoms with E-state index in [0.717, 1.165) is 34.2 Å². The smallest absolute Gasteiger partial charge is 0.193 e. The van der Waals surface area contributed by atoms with E-state index < -0.39 is 0 Å². The molecule has 0 radical (unpaired) electrons. The molecule has 0 N–H and O–H groups in total. The van der Waals surface area contributed by atoms with Gasteiger partial charge in [-0.1, -0.05) is 42.8 Å².